The van der Waals surface area contributed by atoms with Gasteiger partial charge >= 0.3 is 6.09 Å². The van der Waals surface area contributed by atoms with Crippen molar-refractivity contribution in [1.82, 2.24) is 19.7 Å². The maximum Gasteiger partial charge on any atom is 0.407 e. The molecule has 0 unspecified atom stereocenters. The number of likely N-dealkylation sites (tertiary alicyclic amines) is 1. The highest BCUT2D eigenvalue weighted by molar-refractivity contribution is 5.90. The van der Waals surface area contributed by atoms with Crippen LogP contribution in [0.4, 0.5) is 16.4 Å². The minimum atomic E-state index is -0.833. The Labute approximate surface area is 181 Å². The molecular weight excluding hydrogens is 392 g/mol. The third kappa shape index (κ3) is 3.45. The minimum Gasteiger partial charge on any atom is -0.465 e. The molecule has 3 N–H and O–H groups in total. The molecule has 1 aromatic carbocycles. The van der Waals surface area contributed by atoms with Crippen LogP contribution in [0.1, 0.15) is 32.3 Å². The standard InChI is InChI=1S/C23H28N6O2/c1-14(2)3-4-15-5-6-19-20(9-15)29(26-22(19)24)16-7-8-25-21(11-16)27-12-18-10-17(27)13-28(18)23(30)31/h5-9,11,14,17-18H,3-4,10,12-13H2,1-2H3,(H2,24,26)(H,30,31)/t17-,18-/m0/s1. The first kappa shape index (κ1) is 19.7. The Morgan fingerprint density at radius 2 is 2.06 bits per heavy atom. The molecule has 3 aromatic rings. The van der Waals surface area contributed by atoms with E-state index in [4.69, 9.17) is 5.73 Å². The van der Waals surface area contributed by atoms with E-state index in [0.717, 1.165) is 41.7 Å². The van der Waals surface area contributed by atoms with Gasteiger partial charge in [-0.3, -0.25) is 0 Å². The number of anilines is 2. The van der Waals surface area contributed by atoms with Gasteiger partial charge in [0.05, 0.1) is 23.3 Å². The molecule has 8 heteroatoms. The molecule has 1 amide bonds. The van der Waals surface area contributed by atoms with Crippen LogP contribution in [0.5, 0.6) is 0 Å². The predicted molar refractivity (Wildman–Crippen MR) is 121 cm³/mol. The van der Waals surface area contributed by atoms with E-state index in [9.17, 15) is 9.90 Å². The number of piperazine rings is 1. The summed E-state index contributed by atoms with van der Waals surface area (Å²) in [7, 11) is 0. The zero-order valence-corrected chi connectivity index (χ0v) is 17.9. The number of nitrogens with zero attached hydrogens (tertiary/aromatic N) is 5. The van der Waals surface area contributed by atoms with E-state index >= 15 is 0 Å². The van der Waals surface area contributed by atoms with E-state index in [1.807, 2.05) is 16.8 Å². The number of amides is 1. The monoisotopic (exact) mass is 420 g/mol. The molecule has 0 spiro atoms. The van der Waals surface area contributed by atoms with Crippen LogP contribution in [0.2, 0.25) is 0 Å². The largest absolute Gasteiger partial charge is 0.465 e. The fraction of sp³-hybridized carbons (Fsp3) is 0.435. The van der Waals surface area contributed by atoms with Gasteiger partial charge in [0, 0.05) is 30.7 Å². The number of hydrogen-bond acceptors (Lipinski definition) is 5. The van der Waals surface area contributed by atoms with Crippen molar-refractivity contribution < 1.29 is 9.90 Å². The Kier molecular flexibility index (Phi) is 4.72. The maximum atomic E-state index is 11.4. The highest BCUT2D eigenvalue weighted by Crippen LogP contribution is 2.35. The molecule has 31 heavy (non-hydrogen) atoms. The van der Waals surface area contributed by atoms with Crippen LogP contribution in [0, 0.1) is 5.92 Å². The Bertz CT molecular complexity index is 1140. The second-order valence-electron chi connectivity index (χ2n) is 9.08. The molecule has 0 radical (unpaired) electrons. The smallest absolute Gasteiger partial charge is 0.407 e. The summed E-state index contributed by atoms with van der Waals surface area (Å²) in [5.41, 5.74) is 9.40. The summed E-state index contributed by atoms with van der Waals surface area (Å²) in [5, 5.41) is 14.9. The molecule has 5 rings (SSSR count). The van der Waals surface area contributed by atoms with Crippen LogP contribution in [0.25, 0.3) is 16.6 Å². The molecule has 0 aliphatic carbocycles. The SMILES string of the molecule is CC(C)CCc1ccc2c(N)nn(-c3ccnc(N4C[C@@H]5C[C@H]4CN5C(=O)O)c3)c2c1. The summed E-state index contributed by atoms with van der Waals surface area (Å²) in [5.74, 6) is 2.02. The van der Waals surface area contributed by atoms with Crippen molar-refractivity contribution in [3.05, 3.63) is 42.1 Å². The highest BCUT2D eigenvalue weighted by atomic mass is 16.4. The number of fused-ring (bicyclic) bond motifs is 3. The van der Waals surface area contributed by atoms with Crippen LogP contribution in [0.15, 0.2) is 36.5 Å². The zero-order valence-electron chi connectivity index (χ0n) is 17.9. The van der Waals surface area contributed by atoms with Crippen molar-refractivity contribution in [2.75, 3.05) is 23.7 Å². The summed E-state index contributed by atoms with van der Waals surface area (Å²) in [6.07, 6.45) is 3.98. The first-order valence-electron chi connectivity index (χ1n) is 10.9. The Hall–Kier alpha value is -3.29. The second-order valence-corrected chi connectivity index (χ2v) is 9.08. The number of aryl methyl sites for hydroxylation is 1. The number of pyridine rings is 1. The predicted octanol–water partition coefficient (Wildman–Crippen LogP) is 3.53. The second kappa shape index (κ2) is 7.44. The number of hydrogen-bond donors (Lipinski definition) is 2. The lowest BCUT2D eigenvalue weighted by Gasteiger charge is -2.33. The van der Waals surface area contributed by atoms with Crippen molar-refractivity contribution >= 4 is 28.6 Å². The molecule has 2 saturated heterocycles. The van der Waals surface area contributed by atoms with Crippen molar-refractivity contribution in [1.29, 1.82) is 0 Å². The van der Waals surface area contributed by atoms with Gasteiger partial charge in [-0.05, 0) is 48.9 Å². The van der Waals surface area contributed by atoms with Crippen LogP contribution in [-0.4, -0.2) is 56.0 Å². The molecular formula is C23H28N6O2. The summed E-state index contributed by atoms with van der Waals surface area (Å²) < 4.78 is 1.90. The molecule has 162 valence electrons. The Balaban J connectivity index is 1.46. The van der Waals surface area contributed by atoms with E-state index in [1.54, 1.807) is 11.1 Å². The van der Waals surface area contributed by atoms with Crippen LogP contribution >= 0.6 is 0 Å². The summed E-state index contributed by atoms with van der Waals surface area (Å²) in [6, 6.07) is 10.6. The minimum absolute atomic E-state index is 0.0395. The topological polar surface area (TPSA) is 101 Å². The van der Waals surface area contributed by atoms with Gasteiger partial charge in [0.1, 0.15) is 5.82 Å². The molecule has 2 bridgehead atoms. The third-order valence-electron chi connectivity index (χ3n) is 6.54. The number of carboxylic acid groups (broad SMARTS) is 1. The number of nitrogen functional groups attached to an aromatic ring is 1. The van der Waals surface area contributed by atoms with Gasteiger partial charge < -0.3 is 20.6 Å². The lowest BCUT2D eigenvalue weighted by atomic mass is 10.0. The number of rotatable bonds is 5. The van der Waals surface area contributed by atoms with Crippen molar-refractivity contribution in [2.45, 2.75) is 45.2 Å². The molecule has 2 atom stereocenters. The number of carbonyl (C=O) groups is 1. The molecule has 2 aliphatic heterocycles. The van der Waals surface area contributed by atoms with Gasteiger partial charge in [-0.2, -0.15) is 0 Å². The van der Waals surface area contributed by atoms with E-state index in [2.05, 4.69) is 47.0 Å². The average molecular weight is 421 g/mol. The first-order valence-corrected chi connectivity index (χ1v) is 10.9. The van der Waals surface area contributed by atoms with Crippen molar-refractivity contribution in [3.8, 4) is 5.69 Å². The Morgan fingerprint density at radius 3 is 2.77 bits per heavy atom. The van der Waals surface area contributed by atoms with Gasteiger partial charge in [0.15, 0.2) is 5.82 Å². The number of aromatic nitrogens is 3. The van der Waals surface area contributed by atoms with Gasteiger partial charge in [0.25, 0.3) is 0 Å². The van der Waals surface area contributed by atoms with E-state index in [-0.39, 0.29) is 12.1 Å². The molecule has 8 nitrogen and oxygen atoms in total. The van der Waals surface area contributed by atoms with Gasteiger partial charge in [-0.1, -0.05) is 19.9 Å². The van der Waals surface area contributed by atoms with Crippen LogP contribution in [0.3, 0.4) is 0 Å². The van der Waals surface area contributed by atoms with Crippen molar-refractivity contribution in [2.24, 2.45) is 5.92 Å². The number of benzene rings is 1. The lowest BCUT2D eigenvalue weighted by molar-refractivity contribution is 0.137. The zero-order chi connectivity index (χ0) is 21.7. The van der Waals surface area contributed by atoms with Gasteiger partial charge in [-0.15, -0.1) is 5.10 Å². The maximum absolute atomic E-state index is 11.4. The van der Waals surface area contributed by atoms with Gasteiger partial charge in [-0.25, -0.2) is 14.5 Å². The fourth-order valence-electron chi connectivity index (χ4n) is 4.87. The van der Waals surface area contributed by atoms with Crippen LogP contribution in [-0.2, 0) is 6.42 Å². The van der Waals surface area contributed by atoms with Gasteiger partial charge in [0.2, 0.25) is 0 Å². The molecule has 4 heterocycles. The average Bonchev–Trinajstić information content (AvgIpc) is 3.45. The quantitative estimate of drug-likeness (QED) is 0.655. The molecule has 2 fully saturated rings. The summed E-state index contributed by atoms with van der Waals surface area (Å²) >= 11 is 0. The normalized spacial score (nSPS) is 20.4. The molecule has 2 aliphatic rings. The van der Waals surface area contributed by atoms with Crippen LogP contribution < -0.4 is 10.6 Å². The fourth-order valence-corrected chi connectivity index (χ4v) is 4.87. The Morgan fingerprint density at radius 1 is 1.23 bits per heavy atom. The number of nitrogens with two attached hydrogens (primary N) is 1. The highest BCUT2D eigenvalue weighted by Gasteiger charge is 2.45. The molecule has 0 saturated carbocycles. The van der Waals surface area contributed by atoms with E-state index < -0.39 is 6.09 Å². The van der Waals surface area contributed by atoms with E-state index in [1.165, 1.54) is 5.56 Å². The summed E-state index contributed by atoms with van der Waals surface area (Å²) in [6.45, 7) is 5.68. The van der Waals surface area contributed by atoms with Crippen molar-refractivity contribution in [3.63, 3.8) is 0 Å². The summed E-state index contributed by atoms with van der Waals surface area (Å²) in [4.78, 5) is 19.7. The first-order chi connectivity index (χ1) is 14.9. The van der Waals surface area contributed by atoms with E-state index in [0.29, 0.717) is 24.8 Å². The lowest BCUT2D eigenvalue weighted by Crippen LogP contribution is -2.48. The molecule has 2 aromatic heterocycles. The third-order valence-corrected chi connectivity index (χ3v) is 6.54.